The van der Waals surface area contributed by atoms with Crippen molar-refractivity contribution in [2.24, 2.45) is 5.73 Å². The molecule has 0 amide bonds. The number of hydrogen-bond acceptors (Lipinski definition) is 3. The highest BCUT2D eigenvalue weighted by Gasteiger charge is 2.07. The number of nitrogens with two attached hydrogens (primary N) is 1. The lowest BCUT2D eigenvalue weighted by atomic mass is 10.2. The third-order valence-corrected chi connectivity index (χ3v) is 3.62. The minimum absolute atomic E-state index is 0.413. The Bertz CT molecular complexity index is 421. The third-order valence-electron chi connectivity index (χ3n) is 2.91. The molecule has 0 saturated heterocycles. The van der Waals surface area contributed by atoms with E-state index in [1.54, 1.807) is 0 Å². The maximum atomic E-state index is 5.72. The van der Waals surface area contributed by atoms with E-state index in [2.05, 4.69) is 47.0 Å². The summed E-state index contributed by atoms with van der Waals surface area (Å²) in [7, 11) is 2.11. The summed E-state index contributed by atoms with van der Waals surface area (Å²) >= 11 is 8.48. The Labute approximate surface area is 123 Å². The van der Waals surface area contributed by atoms with Crippen LogP contribution >= 0.6 is 28.1 Å². The van der Waals surface area contributed by atoms with Crippen LogP contribution in [0.15, 0.2) is 22.7 Å². The molecule has 0 bridgehead atoms. The highest BCUT2D eigenvalue weighted by Crippen LogP contribution is 2.20. The minimum Gasteiger partial charge on any atom is -0.389 e. The van der Waals surface area contributed by atoms with Gasteiger partial charge in [-0.2, -0.15) is 0 Å². The zero-order chi connectivity index (χ0) is 13.7. The van der Waals surface area contributed by atoms with Crippen LogP contribution in [-0.4, -0.2) is 36.1 Å². The highest BCUT2D eigenvalue weighted by molar-refractivity contribution is 9.10. The zero-order valence-corrected chi connectivity index (χ0v) is 13.4. The fourth-order valence-corrected chi connectivity index (χ4v) is 2.03. The lowest BCUT2D eigenvalue weighted by Crippen LogP contribution is -2.31. The molecule has 0 aliphatic carbocycles. The van der Waals surface area contributed by atoms with E-state index in [1.807, 2.05) is 18.2 Å². The van der Waals surface area contributed by atoms with Crippen LogP contribution in [0.4, 0.5) is 5.69 Å². The quantitative estimate of drug-likeness (QED) is 0.787. The van der Waals surface area contributed by atoms with Gasteiger partial charge in [-0.1, -0.05) is 28.1 Å². The molecule has 0 radical (unpaired) electrons. The molecule has 100 valence electrons. The van der Waals surface area contributed by atoms with E-state index in [4.69, 9.17) is 18.0 Å². The van der Waals surface area contributed by atoms with E-state index < -0.39 is 0 Å². The molecule has 1 rings (SSSR count). The number of rotatable bonds is 6. The first kappa shape index (κ1) is 15.4. The Kier molecular flexibility index (Phi) is 6.05. The molecule has 0 atom stereocenters. The first-order chi connectivity index (χ1) is 8.41. The van der Waals surface area contributed by atoms with Crippen molar-refractivity contribution in [1.82, 2.24) is 4.90 Å². The molecule has 3 nitrogen and oxygen atoms in total. The number of nitrogens with one attached hydrogen (secondary N) is 1. The zero-order valence-electron chi connectivity index (χ0n) is 11.0. The van der Waals surface area contributed by atoms with Gasteiger partial charge in [-0.3, -0.25) is 0 Å². The van der Waals surface area contributed by atoms with Crippen LogP contribution in [0.5, 0.6) is 0 Å². The van der Waals surface area contributed by atoms with Crippen LogP contribution in [0, 0.1) is 0 Å². The predicted molar refractivity (Wildman–Crippen MR) is 86.3 cm³/mol. The van der Waals surface area contributed by atoms with Crippen LogP contribution in [0.25, 0.3) is 0 Å². The summed E-state index contributed by atoms with van der Waals surface area (Å²) in [6.07, 6.45) is 0. The number of halogens is 1. The van der Waals surface area contributed by atoms with Gasteiger partial charge >= 0.3 is 0 Å². The van der Waals surface area contributed by atoms with Gasteiger partial charge in [-0.05, 0) is 39.1 Å². The second kappa shape index (κ2) is 7.07. The number of thiocarbonyl (C=S) groups is 1. The normalized spacial score (nSPS) is 11.0. The molecule has 5 heteroatoms. The maximum absolute atomic E-state index is 5.72. The molecule has 0 saturated carbocycles. The molecule has 0 unspecified atom stereocenters. The number of likely N-dealkylation sites (N-methyl/N-ethyl adjacent to an activating group) is 1. The molecule has 0 spiro atoms. The summed E-state index contributed by atoms with van der Waals surface area (Å²) in [6, 6.07) is 6.47. The van der Waals surface area contributed by atoms with Crippen LogP contribution in [0.1, 0.15) is 19.4 Å². The average molecular weight is 330 g/mol. The van der Waals surface area contributed by atoms with E-state index in [0.717, 1.165) is 28.8 Å². The summed E-state index contributed by atoms with van der Waals surface area (Å²) in [4.78, 5) is 2.70. The van der Waals surface area contributed by atoms with Gasteiger partial charge in [0.05, 0.1) is 0 Å². The van der Waals surface area contributed by atoms with Crippen molar-refractivity contribution in [3.63, 3.8) is 0 Å². The first-order valence-corrected chi connectivity index (χ1v) is 7.15. The van der Waals surface area contributed by atoms with Gasteiger partial charge in [-0.25, -0.2) is 0 Å². The Hall–Kier alpha value is -0.650. The molecule has 0 aliphatic rings. The van der Waals surface area contributed by atoms with Crippen LogP contribution in [0.3, 0.4) is 0 Å². The lowest BCUT2D eigenvalue weighted by molar-refractivity contribution is 0.284. The Balaban J connectivity index is 2.65. The number of anilines is 1. The van der Waals surface area contributed by atoms with Gasteiger partial charge in [-0.15, -0.1) is 0 Å². The molecule has 0 aromatic heterocycles. The van der Waals surface area contributed by atoms with Crippen molar-refractivity contribution in [2.75, 3.05) is 25.5 Å². The van der Waals surface area contributed by atoms with Crippen LogP contribution in [0.2, 0.25) is 0 Å². The first-order valence-electron chi connectivity index (χ1n) is 5.95. The second-order valence-corrected chi connectivity index (χ2v) is 5.91. The van der Waals surface area contributed by atoms with Gasteiger partial charge in [0.15, 0.2) is 0 Å². The molecular formula is C13H20BrN3S. The molecule has 18 heavy (non-hydrogen) atoms. The molecule has 1 aromatic rings. The Morgan fingerprint density at radius 2 is 2.17 bits per heavy atom. The monoisotopic (exact) mass is 329 g/mol. The summed E-state index contributed by atoms with van der Waals surface area (Å²) in [5.41, 5.74) is 7.59. The number of nitrogens with zero attached hydrogens (tertiary/aromatic N) is 1. The van der Waals surface area contributed by atoms with Gasteiger partial charge in [0.25, 0.3) is 0 Å². The van der Waals surface area contributed by atoms with Crippen molar-refractivity contribution >= 4 is 38.8 Å². The van der Waals surface area contributed by atoms with Crippen LogP contribution in [-0.2, 0) is 0 Å². The number of benzene rings is 1. The van der Waals surface area contributed by atoms with Crippen molar-refractivity contribution in [1.29, 1.82) is 0 Å². The Morgan fingerprint density at radius 1 is 1.50 bits per heavy atom. The number of hydrogen-bond donors (Lipinski definition) is 2. The van der Waals surface area contributed by atoms with Gasteiger partial charge in [0, 0.05) is 34.9 Å². The lowest BCUT2D eigenvalue weighted by Gasteiger charge is -2.21. The van der Waals surface area contributed by atoms with Crippen molar-refractivity contribution in [3.05, 3.63) is 28.2 Å². The van der Waals surface area contributed by atoms with E-state index in [0.29, 0.717) is 11.0 Å². The minimum atomic E-state index is 0.413. The molecule has 0 aliphatic heterocycles. The summed E-state index contributed by atoms with van der Waals surface area (Å²) in [5.74, 6) is 0. The standard InChI is InChI=1S/C13H20BrN3S/c1-9(2)17(3)7-6-16-12-5-4-10(14)8-11(12)13(15)18/h4-5,8-9,16H,6-7H2,1-3H3,(H2,15,18). The smallest absolute Gasteiger partial charge is 0.106 e. The van der Waals surface area contributed by atoms with E-state index in [9.17, 15) is 0 Å². The van der Waals surface area contributed by atoms with E-state index in [1.165, 1.54) is 0 Å². The predicted octanol–water partition coefficient (Wildman–Crippen LogP) is 2.84. The summed E-state index contributed by atoms with van der Waals surface area (Å²) in [5, 5.41) is 3.38. The second-order valence-electron chi connectivity index (χ2n) is 4.56. The fraction of sp³-hybridized carbons (Fsp3) is 0.462. The van der Waals surface area contributed by atoms with Crippen molar-refractivity contribution in [3.8, 4) is 0 Å². The summed E-state index contributed by atoms with van der Waals surface area (Å²) < 4.78 is 0.982. The largest absolute Gasteiger partial charge is 0.389 e. The molecule has 0 heterocycles. The molecule has 3 N–H and O–H groups in total. The maximum Gasteiger partial charge on any atom is 0.106 e. The van der Waals surface area contributed by atoms with Crippen LogP contribution < -0.4 is 11.1 Å². The third kappa shape index (κ3) is 4.55. The molecule has 1 aromatic carbocycles. The van der Waals surface area contributed by atoms with Gasteiger partial charge in [0.1, 0.15) is 4.99 Å². The Morgan fingerprint density at radius 3 is 2.72 bits per heavy atom. The van der Waals surface area contributed by atoms with Crippen molar-refractivity contribution < 1.29 is 0 Å². The van der Waals surface area contributed by atoms with Gasteiger partial charge < -0.3 is 16.0 Å². The average Bonchev–Trinajstić information content (AvgIpc) is 2.30. The SMILES string of the molecule is CC(C)N(C)CCNc1ccc(Br)cc1C(N)=S. The fourth-order valence-electron chi connectivity index (χ4n) is 1.50. The summed E-state index contributed by atoms with van der Waals surface area (Å²) in [6.45, 7) is 6.20. The highest BCUT2D eigenvalue weighted by atomic mass is 79.9. The van der Waals surface area contributed by atoms with E-state index >= 15 is 0 Å². The topological polar surface area (TPSA) is 41.3 Å². The van der Waals surface area contributed by atoms with E-state index in [-0.39, 0.29) is 0 Å². The van der Waals surface area contributed by atoms with Crippen molar-refractivity contribution in [2.45, 2.75) is 19.9 Å². The van der Waals surface area contributed by atoms with Gasteiger partial charge in [0.2, 0.25) is 0 Å². The molecule has 0 fully saturated rings. The molecular weight excluding hydrogens is 310 g/mol.